The Labute approximate surface area is 169 Å². The molecule has 0 bridgehead atoms. The second kappa shape index (κ2) is 11.1. The Morgan fingerprint density at radius 2 is 2.11 bits per heavy atom. The monoisotopic (exact) mass is 388 g/mol. The number of nitrogens with zero attached hydrogens (tertiary/aromatic N) is 2. The van der Waals surface area contributed by atoms with Crippen molar-refractivity contribution in [1.29, 1.82) is 0 Å². The molecule has 1 heterocycles. The Bertz CT molecular complexity index is 618. The maximum atomic E-state index is 5.70. The number of hydrogen-bond acceptors (Lipinski definition) is 4. The number of nitrogens with one attached hydrogen (secondary N) is 2. The molecule has 1 aromatic rings. The van der Waals surface area contributed by atoms with Crippen LogP contribution in [0.4, 0.5) is 5.69 Å². The van der Waals surface area contributed by atoms with Crippen molar-refractivity contribution in [3.63, 3.8) is 0 Å². The summed E-state index contributed by atoms with van der Waals surface area (Å²) in [4.78, 5) is 7.25. The summed E-state index contributed by atoms with van der Waals surface area (Å²) in [6, 6.07) is 8.32. The maximum Gasteiger partial charge on any atom is 0.191 e. The van der Waals surface area contributed by atoms with Crippen LogP contribution in [0.1, 0.15) is 32.6 Å². The van der Waals surface area contributed by atoms with E-state index in [1.165, 1.54) is 24.9 Å². The first kappa shape index (κ1) is 20.8. The zero-order valence-electron chi connectivity index (χ0n) is 17.5. The summed E-state index contributed by atoms with van der Waals surface area (Å²) in [6.45, 7) is 8.65. The minimum absolute atomic E-state index is 0.587. The van der Waals surface area contributed by atoms with Gasteiger partial charge in [0.25, 0.3) is 0 Å². The van der Waals surface area contributed by atoms with E-state index in [1.54, 1.807) is 7.11 Å². The topological polar surface area (TPSA) is 58.1 Å². The number of methoxy groups -OCH3 is 1. The van der Waals surface area contributed by atoms with E-state index in [4.69, 9.17) is 14.5 Å². The first-order valence-corrected chi connectivity index (χ1v) is 10.8. The lowest BCUT2D eigenvalue weighted by molar-refractivity contribution is 0.123. The number of guanidine groups is 1. The van der Waals surface area contributed by atoms with Crippen LogP contribution < -0.4 is 20.3 Å². The summed E-state index contributed by atoms with van der Waals surface area (Å²) >= 11 is 0. The predicted molar refractivity (Wildman–Crippen MR) is 115 cm³/mol. The minimum Gasteiger partial charge on any atom is -0.497 e. The summed E-state index contributed by atoms with van der Waals surface area (Å²) in [5.41, 5.74) is 1.24. The molecule has 1 aromatic carbocycles. The van der Waals surface area contributed by atoms with E-state index in [-0.39, 0.29) is 0 Å². The molecule has 0 amide bonds. The molecule has 0 aromatic heterocycles. The first-order valence-electron chi connectivity index (χ1n) is 10.8. The van der Waals surface area contributed by atoms with Gasteiger partial charge in [0.05, 0.1) is 7.11 Å². The van der Waals surface area contributed by atoms with Crippen molar-refractivity contribution in [1.82, 2.24) is 10.6 Å². The normalized spacial score (nSPS) is 19.7. The van der Waals surface area contributed by atoms with Gasteiger partial charge in [-0.3, -0.25) is 4.99 Å². The molecule has 1 saturated carbocycles. The largest absolute Gasteiger partial charge is 0.497 e. The van der Waals surface area contributed by atoms with Gasteiger partial charge in [-0.1, -0.05) is 6.07 Å². The molecule has 6 heteroatoms. The van der Waals surface area contributed by atoms with E-state index in [0.717, 1.165) is 70.0 Å². The van der Waals surface area contributed by atoms with Gasteiger partial charge >= 0.3 is 0 Å². The molecule has 156 valence electrons. The lowest BCUT2D eigenvalue weighted by atomic mass is 10.1. The van der Waals surface area contributed by atoms with Gasteiger partial charge < -0.3 is 25.0 Å². The van der Waals surface area contributed by atoms with Gasteiger partial charge in [0.2, 0.25) is 0 Å². The van der Waals surface area contributed by atoms with Crippen LogP contribution >= 0.6 is 0 Å². The molecule has 2 fully saturated rings. The van der Waals surface area contributed by atoms with Crippen LogP contribution in [-0.4, -0.2) is 59.0 Å². The smallest absolute Gasteiger partial charge is 0.191 e. The number of anilines is 1. The third-order valence-corrected chi connectivity index (χ3v) is 5.36. The molecule has 3 rings (SSSR count). The molecule has 1 atom stereocenters. The van der Waals surface area contributed by atoms with Crippen LogP contribution in [0, 0.1) is 11.8 Å². The molecular formula is C22H36N4O2. The van der Waals surface area contributed by atoms with Crippen LogP contribution in [-0.2, 0) is 4.74 Å². The lowest BCUT2D eigenvalue weighted by Crippen LogP contribution is -2.38. The summed E-state index contributed by atoms with van der Waals surface area (Å²) < 4.78 is 11.0. The van der Waals surface area contributed by atoms with Crippen molar-refractivity contribution >= 4 is 11.6 Å². The van der Waals surface area contributed by atoms with Crippen molar-refractivity contribution in [2.45, 2.75) is 32.6 Å². The van der Waals surface area contributed by atoms with Crippen molar-refractivity contribution in [3.8, 4) is 5.75 Å². The molecule has 1 saturated heterocycles. The van der Waals surface area contributed by atoms with Crippen LogP contribution in [0.25, 0.3) is 0 Å². The Balaban J connectivity index is 1.38. The highest BCUT2D eigenvalue weighted by atomic mass is 16.5. The molecular weight excluding hydrogens is 352 g/mol. The predicted octanol–water partition coefficient (Wildman–Crippen LogP) is 2.89. The fourth-order valence-corrected chi connectivity index (χ4v) is 3.50. The number of aliphatic imine (C=N–C) groups is 1. The van der Waals surface area contributed by atoms with Gasteiger partial charge in [-0.15, -0.1) is 0 Å². The Morgan fingerprint density at radius 3 is 2.89 bits per heavy atom. The van der Waals surface area contributed by atoms with Gasteiger partial charge in [-0.25, -0.2) is 0 Å². The highest BCUT2D eigenvalue weighted by molar-refractivity contribution is 5.79. The zero-order valence-corrected chi connectivity index (χ0v) is 17.5. The summed E-state index contributed by atoms with van der Waals surface area (Å²) in [5.74, 6) is 3.27. The molecule has 0 spiro atoms. The fraction of sp³-hybridized carbons (Fsp3) is 0.682. The van der Waals surface area contributed by atoms with Gasteiger partial charge in [0, 0.05) is 57.7 Å². The highest BCUT2D eigenvalue weighted by Crippen LogP contribution is 2.29. The number of benzene rings is 1. The van der Waals surface area contributed by atoms with E-state index in [0.29, 0.717) is 5.92 Å². The number of ether oxygens (including phenoxy) is 2. The summed E-state index contributed by atoms with van der Waals surface area (Å²) in [7, 11) is 1.72. The van der Waals surface area contributed by atoms with Gasteiger partial charge in [-0.2, -0.15) is 0 Å². The highest BCUT2D eigenvalue weighted by Gasteiger charge is 2.23. The molecule has 28 heavy (non-hydrogen) atoms. The fourth-order valence-electron chi connectivity index (χ4n) is 3.50. The van der Waals surface area contributed by atoms with Crippen molar-refractivity contribution in [2.24, 2.45) is 16.8 Å². The van der Waals surface area contributed by atoms with Gasteiger partial charge in [0.1, 0.15) is 5.75 Å². The average Bonchev–Trinajstić information content (AvgIpc) is 3.43. The Kier molecular flexibility index (Phi) is 8.27. The van der Waals surface area contributed by atoms with Crippen LogP contribution in [0.3, 0.4) is 0 Å². The SMILES string of the molecule is CCNC(=NCC1CCN(c2cccc(OC)c2)C1)NCCCOCC1CC1. The zero-order chi connectivity index (χ0) is 19.6. The van der Waals surface area contributed by atoms with Crippen LogP contribution in [0.15, 0.2) is 29.3 Å². The lowest BCUT2D eigenvalue weighted by Gasteiger charge is -2.19. The molecule has 2 N–H and O–H groups in total. The van der Waals surface area contributed by atoms with Crippen LogP contribution in [0.2, 0.25) is 0 Å². The summed E-state index contributed by atoms with van der Waals surface area (Å²) in [6.07, 6.45) is 4.90. The molecule has 1 aliphatic heterocycles. The van der Waals surface area contributed by atoms with Crippen LogP contribution in [0.5, 0.6) is 5.75 Å². The average molecular weight is 389 g/mol. The second-order valence-electron chi connectivity index (χ2n) is 7.82. The Hall–Kier alpha value is -1.95. The third kappa shape index (κ3) is 6.89. The van der Waals surface area contributed by atoms with E-state index >= 15 is 0 Å². The molecule has 0 radical (unpaired) electrons. The van der Waals surface area contributed by atoms with E-state index < -0.39 is 0 Å². The summed E-state index contributed by atoms with van der Waals surface area (Å²) in [5, 5.41) is 6.79. The minimum atomic E-state index is 0.587. The first-order chi connectivity index (χ1) is 13.8. The van der Waals surface area contributed by atoms with Crippen molar-refractivity contribution < 1.29 is 9.47 Å². The second-order valence-corrected chi connectivity index (χ2v) is 7.82. The van der Waals surface area contributed by atoms with Crippen molar-refractivity contribution in [3.05, 3.63) is 24.3 Å². The standard InChI is InChI=1S/C22H36N4O2/c1-3-23-22(24-11-5-13-28-17-18-8-9-18)25-15-19-10-12-26(16-19)20-6-4-7-21(14-20)27-2/h4,6-7,14,18-19H,3,5,8-13,15-17H2,1-2H3,(H2,23,24,25). The van der Waals surface area contributed by atoms with Crippen molar-refractivity contribution in [2.75, 3.05) is 57.9 Å². The van der Waals surface area contributed by atoms with Gasteiger partial charge in [0.15, 0.2) is 5.96 Å². The quantitative estimate of drug-likeness (QED) is 0.347. The molecule has 2 aliphatic rings. The van der Waals surface area contributed by atoms with Gasteiger partial charge in [-0.05, 0) is 56.6 Å². The molecule has 1 unspecified atom stereocenters. The maximum absolute atomic E-state index is 5.70. The number of rotatable bonds is 11. The Morgan fingerprint density at radius 1 is 1.21 bits per heavy atom. The van der Waals surface area contributed by atoms with E-state index in [2.05, 4.69) is 40.7 Å². The van der Waals surface area contributed by atoms with E-state index in [1.807, 2.05) is 6.07 Å². The molecule has 6 nitrogen and oxygen atoms in total. The third-order valence-electron chi connectivity index (χ3n) is 5.36. The van der Waals surface area contributed by atoms with E-state index in [9.17, 15) is 0 Å². The number of hydrogen-bond donors (Lipinski definition) is 2. The molecule has 1 aliphatic carbocycles.